The Balaban J connectivity index is 1.50. The van der Waals surface area contributed by atoms with Gasteiger partial charge in [0.15, 0.2) is 16.7 Å². The molecule has 0 aliphatic carbocycles. The van der Waals surface area contributed by atoms with Gasteiger partial charge in [-0.25, -0.2) is 0 Å². The lowest BCUT2D eigenvalue weighted by molar-refractivity contribution is -0.122. The quantitative estimate of drug-likeness (QED) is 0.695. The molecule has 0 unspecified atom stereocenters. The van der Waals surface area contributed by atoms with Gasteiger partial charge in [-0.15, -0.1) is 0 Å². The zero-order chi connectivity index (χ0) is 20.6. The second kappa shape index (κ2) is 9.97. The molecule has 7 nitrogen and oxygen atoms in total. The molecule has 2 amide bonds. The van der Waals surface area contributed by atoms with E-state index in [0.29, 0.717) is 35.3 Å². The van der Waals surface area contributed by atoms with Crippen LogP contribution < -0.4 is 20.1 Å². The van der Waals surface area contributed by atoms with Gasteiger partial charge in [0, 0.05) is 18.7 Å². The van der Waals surface area contributed by atoms with Crippen molar-refractivity contribution in [3.63, 3.8) is 0 Å². The van der Waals surface area contributed by atoms with Gasteiger partial charge >= 0.3 is 0 Å². The average molecular weight is 413 g/mol. The standard InChI is InChI=1S/C21H23N3O4S/c1-27-16-9-8-14(12-17(16)28-2)10-11-22-21-24-20(26)18(29-21)13-19(25)23-15-6-4-3-5-7-15/h3-9,12,18H,10-11,13H2,1-2H3,(H,23,25)(H,22,24,26)/t18-/m1/s1. The number of amidine groups is 1. The van der Waals surface area contributed by atoms with E-state index in [0.717, 1.165) is 5.56 Å². The van der Waals surface area contributed by atoms with E-state index >= 15 is 0 Å². The van der Waals surface area contributed by atoms with Gasteiger partial charge in [0.2, 0.25) is 11.8 Å². The van der Waals surface area contributed by atoms with E-state index in [1.54, 1.807) is 26.4 Å². The number of nitrogens with zero attached hydrogens (tertiary/aromatic N) is 1. The van der Waals surface area contributed by atoms with E-state index in [-0.39, 0.29) is 18.2 Å². The zero-order valence-corrected chi connectivity index (χ0v) is 17.1. The SMILES string of the molecule is COc1ccc(CCN=C2NC(=O)[C@@H](CC(=O)Nc3ccccc3)S2)cc1OC. The molecule has 1 aliphatic heterocycles. The molecule has 1 aliphatic rings. The topological polar surface area (TPSA) is 89.0 Å². The molecular weight excluding hydrogens is 390 g/mol. The number of benzene rings is 2. The first-order valence-electron chi connectivity index (χ1n) is 9.17. The summed E-state index contributed by atoms with van der Waals surface area (Å²) in [5.74, 6) is 0.960. The van der Waals surface area contributed by atoms with E-state index in [2.05, 4.69) is 15.6 Å². The number of thioether (sulfide) groups is 1. The Morgan fingerprint density at radius 1 is 1.14 bits per heavy atom. The summed E-state index contributed by atoms with van der Waals surface area (Å²) in [5, 5.41) is 5.62. The Hall–Kier alpha value is -3.00. The Labute approximate surface area is 173 Å². The van der Waals surface area contributed by atoms with Crippen molar-refractivity contribution in [1.82, 2.24) is 5.32 Å². The summed E-state index contributed by atoms with van der Waals surface area (Å²) in [6.07, 6.45) is 0.791. The summed E-state index contributed by atoms with van der Waals surface area (Å²) in [5.41, 5.74) is 1.77. The summed E-state index contributed by atoms with van der Waals surface area (Å²) >= 11 is 1.29. The Bertz CT molecular complexity index is 902. The number of anilines is 1. The first-order valence-corrected chi connectivity index (χ1v) is 10.0. The number of amides is 2. The smallest absolute Gasteiger partial charge is 0.240 e. The molecule has 8 heteroatoms. The van der Waals surface area contributed by atoms with Crippen molar-refractivity contribution in [3.8, 4) is 11.5 Å². The van der Waals surface area contributed by atoms with Gasteiger partial charge in [0.25, 0.3) is 0 Å². The summed E-state index contributed by atoms with van der Waals surface area (Å²) < 4.78 is 10.5. The second-order valence-electron chi connectivity index (χ2n) is 6.34. The number of para-hydroxylation sites is 1. The van der Waals surface area contributed by atoms with Crippen LogP contribution in [-0.4, -0.2) is 43.0 Å². The first kappa shape index (κ1) is 20.7. The highest BCUT2D eigenvalue weighted by atomic mass is 32.2. The molecule has 2 aromatic rings. The number of carbonyl (C=O) groups is 2. The lowest BCUT2D eigenvalue weighted by Crippen LogP contribution is -2.28. The molecule has 0 aromatic heterocycles. The van der Waals surface area contributed by atoms with Gasteiger partial charge in [-0.3, -0.25) is 14.6 Å². The number of carbonyl (C=O) groups excluding carboxylic acids is 2. The normalized spacial score (nSPS) is 17.1. The molecular formula is C21H23N3O4S. The van der Waals surface area contributed by atoms with Crippen LogP contribution in [0.5, 0.6) is 11.5 Å². The number of nitrogens with one attached hydrogen (secondary N) is 2. The summed E-state index contributed by atoms with van der Waals surface area (Å²) in [6.45, 7) is 0.515. The molecule has 0 saturated carbocycles. The predicted octanol–water partition coefficient (Wildman–Crippen LogP) is 2.86. The van der Waals surface area contributed by atoms with Crippen molar-refractivity contribution in [2.75, 3.05) is 26.1 Å². The summed E-state index contributed by atoms with van der Waals surface area (Å²) in [6, 6.07) is 14.9. The molecule has 2 N–H and O–H groups in total. The zero-order valence-electron chi connectivity index (χ0n) is 16.3. The number of hydrogen-bond acceptors (Lipinski definition) is 6. The maximum atomic E-state index is 12.2. The van der Waals surface area contributed by atoms with Gasteiger partial charge in [-0.05, 0) is 36.2 Å². The highest BCUT2D eigenvalue weighted by Crippen LogP contribution is 2.28. The predicted molar refractivity (Wildman–Crippen MR) is 115 cm³/mol. The molecule has 1 saturated heterocycles. The number of rotatable bonds is 8. The molecule has 2 aromatic carbocycles. The van der Waals surface area contributed by atoms with Crippen LogP contribution in [0.25, 0.3) is 0 Å². The van der Waals surface area contributed by atoms with Crippen LogP contribution in [0.2, 0.25) is 0 Å². The average Bonchev–Trinajstić information content (AvgIpc) is 3.07. The van der Waals surface area contributed by atoms with Crippen molar-refractivity contribution < 1.29 is 19.1 Å². The number of ether oxygens (including phenoxy) is 2. The van der Waals surface area contributed by atoms with Crippen LogP contribution in [0, 0.1) is 0 Å². The lowest BCUT2D eigenvalue weighted by atomic mass is 10.1. The van der Waals surface area contributed by atoms with Crippen LogP contribution >= 0.6 is 11.8 Å². The van der Waals surface area contributed by atoms with Crippen molar-refractivity contribution in [2.45, 2.75) is 18.1 Å². The van der Waals surface area contributed by atoms with Gasteiger partial charge in [0.1, 0.15) is 5.25 Å². The van der Waals surface area contributed by atoms with Crippen LogP contribution in [0.4, 0.5) is 5.69 Å². The van der Waals surface area contributed by atoms with Crippen LogP contribution in [-0.2, 0) is 16.0 Å². The van der Waals surface area contributed by atoms with Crippen LogP contribution in [0.1, 0.15) is 12.0 Å². The monoisotopic (exact) mass is 413 g/mol. The van der Waals surface area contributed by atoms with Crippen molar-refractivity contribution in [3.05, 3.63) is 54.1 Å². The molecule has 29 heavy (non-hydrogen) atoms. The Kier molecular flexibility index (Phi) is 7.13. The first-order chi connectivity index (χ1) is 14.1. The maximum absolute atomic E-state index is 12.2. The van der Waals surface area contributed by atoms with E-state index < -0.39 is 5.25 Å². The molecule has 0 spiro atoms. The Morgan fingerprint density at radius 3 is 2.62 bits per heavy atom. The molecule has 0 bridgehead atoms. The minimum absolute atomic E-state index is 0.0973. The van der Waals surface area contributed by atoms with E-state index in [4.69, 9.17) is 9.47 Å². The number of hydrogen-bond donors (Lipinski definition) is 2. The van der Waals surface area contributed by atoms with Gasteiger partial charge < -0.3 is 20.1 Å². The number of methoxy groups -OCH3 is 2. The maximum Gasteiger partial charge on any atom is 0.240 e. The van der Waals surface area contributed by atoms with Gasteiger partial charge in [-0.2, -0.15) is 0 Å². The fourth-order valence-corrected chi connectivity index (χ4v) is 3.83. The lowest BCUT2D eigenvalue weighted by Gasteiger charge is -2.09. The fraction of sp³-hybridized carbons (Fsp3) is 0.286. The third kappa shape index (κ3) is 5.74. The van der Waals surface area contributed by atoms with Gasteiger partial charge in [-0.1, -0.05) is 36.0 Å². The second-order valence-corrected chi connectivity index (χ2v) is 7.53. The molecule has 1 fully saturated rings. The minimum atomic E-state index is -0.474. The van der Waals surface area contributed by atoms with Crippen molar-refractivity contribution in [1.29, 1.82) is 0 Å². The minimum Gasteiger partial charge on any atom is -0.493 e. The molecule has 3 rings (SSSR count). The van der Waals surface area contributed by atoms with E-state index in [1.807, 2.05) is 36.4 Å². The molecule has 1 heterocycles. The highest BCUT2D eigenvalue weighted by molar-refractivity contribution is 8.15. The van der Waals surface area contributed by atoms with E-state index in [9.17, 15) is 9.59 Å². The summed E-state index contributed by atoms with van der Waals surface area (Å²) in [4.78, 5) is 28.8. The largest absolute Gasteiger partial charge is 0.493 e. The highest BCUT2D eigenvalue weighted by Gasteiger charge is 2.31. The third-order valence-electron chi connectivity index (χ3n) is 4.31. The summed E-state index contributed by atoms with van der Waals surface area (Å²) in [7, 11) is 3.20. The Morgan fingerprint density at radius 2 is 1.90 bits per heavy atom. The van der Waals surface area contributed by atoms with Crippen molar-refractivity contribution >= 4 is 34.4 Å². The molecule has 152 valence electrons. The van der Waals surface area contributed by atoms with Gasteiger partial charge in [0.05, 0.1) is 14.2 Å². The van der Waals surface area contributed by atoms with E-state index in [1.165, 1.54) is 11.8 Å². The molecule has 0 radical (unpaired) electrons. The fourth-order valence-electron chi connectivity index (χ4n) is 2.84. The number of aliphatic imine (C=N–C) groups is 1. The molecule has 1 atom stereocenters. The van der Waals surface area contributed by atoms with Crippen LogP contribution in [0.15, 0.2) is 53.5 Å². The van der Waals surface area contributed by atoms with Crippen molar-refractivity contribution in [2.24, 2.45) is 4.99 Å². The third-order valence-corrected chi connectivity index (χ3v) is 5.43. The van der Waals surface area contributed by atoms with Crippen LogP contribution in [0.3, 0.4) is 0 Å².